The monoisotopic (exact) mass is 371 g/mol. The van der Waals surface area contributed by atoms with Crippen molar-refractivity contribution >= 4 is 29.5 Å². The molecule has 0 aromatic rings. The molecule has 0 aromatic carbocycles. The Morgan fingerprint density at radius 2 is 1.62 bits per heavy atom. The van der Waals surface area contributed by atoms with Crippen LogP contribution in [0, 0.1) is 5.41 Å². The van der Waals surface area contributed by atoms with Crippen molar-refractivity contribution in [2.45, 2.75) is 86.8 Å². The van der Waals surface area contributed by atoms with Gasteiger partial charge in [-0.15, -0.1) is 23.5 Å². The highest BCUT2D eigenvalue weighted by Crippen LogP contribution is 2.56. The first-order chi connectivity index (χ1) is 11.3. The lowest BCUT2D eigenvalue weighted by Crippen LogP contribution is -2.54. The molecule has 2 aliphatic carbocycles. The second kappa shape index (κ2) is 7.40. The summed E-state index contributed by atoms with van der Waals surface area (Å²) in [6, 6.07) is 0. The lowest BCUT2D eigenvalue weighted by atomic mass is 9.78. The number of likely N-dealkylation sites (tertiary alicyclic amines) is 1. The zero-order valence-electron chi connectivity index (χ0n) is 15.7. The van der Waals surface area contributed by atoms with Crippen LogP contribution in [0.4, 0.5) is 0 Å². The van der Waals surface area contributed by atoms with Gasteiger partial charge in [0.2, 0.25) is 0 Å². The summed E-state index contributed by atoms with van der Waals surface area (Å²) in [5.74, 6) is 0.0739. The van der Waals surface area contributed by atoms with E-state index in [1.165, 1.54) is 25.7 Å². The molecule has 3 aliphatic rings. The molecule has 3 fully saturated rings. The van der Waals surface area contributed by atoms with Crippen molar-refractivity contribution in [1.29, 1.82) is 0 Å². The van der Waals surface area contributed by atoms with Crippen LogP contribution in [0.1, 0.15) is 66.2 Å². The van der Waals surface area contributed by atoms with E-state index in [-0.39, 0.29) is 16.9 Å². The minimum atomic E-state index is -0.279. The van der Waals surface area contributed by atoms with E-state index in [1.807, 2.05) is 6.92 Å². The highest BCUT2D eigenvalue weighted by Gasteiger charge is 2.52. The van der Waals surface area contributed by atoms with Crippen LogP contribution in [0.3, 0.4) is 0 Å². The molecule has 5 heteroatoms. The highest BCUT2D eigenvalue weighted by atomic mass is 32.2. The molecule has 1 heterocycles. The Balaban J connectivity index is 1.77. The van der Waals surface area contributed by atoms with Gasteiger partial charge in [0.25, 0.3) is 0 Å². The van der Waals surface area contributed by atoms with Crippen molar-refractivity contribution in [1.82, 2.24) is 4.90 Å². The van der Waals surface area contributed by atoms with Gasteiger partial charge < -0.3 is 4.74 Å². The van der Waals surface area contributed by atoms with E-state index in [0.29, 0.717) is 11.2 Å². The first-order valence-corrected chi connectivity index (χ1v) is 11.5. The van der Waals surface area contributed by atoms with Crippen LogP contribution in [0.25, 0.3) is 0 Å². The lowest BCUT2D eigenvalue weighted by molar-refractivity contribution is -0.158. The molecule has 138 valence electrons. The fourth-order valence-electron chi connectivity index (χ4n) is 3.44. The summed E-state index contributed by atoms with van der Waals surface area (Å²) in [5.41, 5.74) is -0.0954. The van der Waals surface area contributed by atoms with Gasteiger partial charge in [0, 0.05) is 16.0 Å². The summed E-state index contributed by atoms with van der Waals surface area (Å²) in [6.45, 7) is 11.3. The number of carbonyl (C=O) groups excluding carboxylic acids is 1. The number of hydrogen-bond acceptors (Lipinski definition) is 5. The van der Waals surface area contributed by atoms with Crippen molar-refractivity contribution in [2.75, 3.05) is 19.7 Å². The Labute approximate surface area is 156 Å². The van der Waals surface area contributed by atoms with Crippen LogP contribution in [0.5, 0.6) is 0 Å². The van der Waals surface area contributed by atoms with E-state index in [2.05, 4.69) is 49.2 Å². The Morgan fingerprint density at radius 1 is 1.12 bits per heavy atom. The summed E-state index contributed by atoms with van der Waals surface area (Å²) >= 11 is 4.18. The minimum Gasteiger partial charge on any atom is -0.466 e. The van der Waals surface area contributed by atoms with Crippen LogP contribution in [0.2, 0.25) is 0 Å². The maximum absolute atomic E-state index is 13.1. The van der Waals surface area contributed by atoms with Crippen molar-refractivity contribution in [2.24, 2.45) is 5.41 Å². The topological polar surface area (TPSA) is 29.5 Å². The molecule has 0 unspecified atom stereocenters. The average molecular weight is 372 g/mol. The Bertz CT molecular complexity index is 433. The fourth-order valence-corrected chi connectivity index (χ4v) is 7.34. The van der Waals surface area contributed by atoms with Gasteiger partial charge in [0.1, 0.15) is 0 Å². The van der Waals surface area contributed by atoms with E-state index >= 15 is 0 Å². The maximum Gasteiger partial charge on any atom is 0.314 e. The number of esters is 1. The van der Waals surface area contributed by atoms with Crippen LogP contribution >= 0.6 is 23.5 Å². The molecule has 0 bridgehead atoms. The molecule has 3 nitrogen and oxygen atoms in total. The summed E-state index contributed by atoms with van der Waals surface area (Å²) in [4.78, 5) is 15.6. The van der Waals surface area contributed by atoms with E-state index in [9.17, 15) is 4.79 Å². The normalized spacial score (nSPS) is 25.0. The summed E-state index contributed by atoms with van der Waals surface area (Å²) in [7, 11) is 0. The molecule has 2 saturated carbocycles. The zero-order valence-corrected chi connectivity index (χ0v) is 17.3. The van der Waals surface area contributed by atoms with Crippen LogP contribution in [0.15, 0.2) is 0 Å². The molecular weight excluding hydrogens is 338 g/mol. The van der Waals surface area contributed by atoms with Gasteiger partial charge in [-0.25, -0.2) is 0 Å². The van der Waals surface area contributed by atoms with Gasteiger partial charge >= 0.3 is 5.97 Å². The Hall–Kier alpha value is 0.130. The Kier molecular flexibility index (Phi) is 5.83. The third-order valence-corrected chi connectivity index (χ3v) is 9.19. The van der Waals surface area contributed by atoms with E-state index in [4.69, 9.17) is 4.74 Å². The number of nitrogens with zero attached hydrogens (tertiary/aromatic N) is 1. The van der Waals surface area contributed by atoms with E-state index < -0.39 is 0 Å². The van der Waals surface area contributed by atoms with Crippen molar-refractivity contribution < 1.29 is 9.53 Å². The summed E-state index contributed by atoms with van der Waals surface area (Å²) in [6.07, 6.45) is 7.23. The molecule has 3 rings (SSSR count). The molecule has 1 aliphatic heterocycles. The minimum absolute atomic E-state index is 0.0739. The SMILES string of the molecule is CCOC(=O)C1(C(SC2CC2)SC2CC2)CCN(C(C)(C)C)CC1. The molecule has 0 N–H and O–H groups in total. The van der Waals surface area contributed by atoms with Crippen molar-refractivity contribution in [3.63, 3.8) is 0 Å². The van der Waals surface area contributed by atoms with Crippen LogP contribution < -0.4 is 0 Å². The predicted octanol–water partition coefficient (Wildman–Crippen LogP) is 4.55. The molecule has 0 radical (unpaired) electrons. The third-order valence-electron chi connectivity index (χ3n) is 5.42. The summed E-state index contributed by atoms with van der Waals surface area (Å²) in [5, 5.41) is 1.57. The van der Waals surface area contributed by atoms with Gasteiger partial charge in [-0.1, -0.05) is 0 Å². The van der Waals surface area contributed by atoms with E-state index in [0.717, 1.165) is 36.4 Å². The zero-order chi connectivity index (χ0) is 17.4. The smallest absolute Gasteiger partial charge is 0.314 e. The number of carbonyl (C=O) groups is 1. The van der Waals surface area contributed by atoms with Gasteiger partial charge in [0.05, 0.1) is 16.6 Å². The average Bonchev–Trinajstić information content (AvgIpc) is 3.41. The molecule has 0 amide bonds. The van der Waals surface area contributed by atoms with Crippen molar-refractivity contribution in [3.05, 3.63) is 0 Å². The lowest BCUT2D eigenvalue weighted by Gasteiger charge is -2.47. The molecule has 1 saturated heterocycles. The molecule has 0 spiro atoms. The Morgan fingerprint density at radius 3 is 2.00 bits per heavy atom. The first-order valence-electron chi connectivity index (χ1n) is 9.58. The summed E-state index contributed by atoms with van der Waals surface area (Å²) < 4.78 is 5.99. The van der Waals surface area contributed by atoms with Crippen LogP contribution in [-0.2, 0) is 9.53 Å². The molecule has 24 heavy (non-hydrogen) atoms. The van der Waals surface area contributed by atoms with Gasteiger partial charge in [-0.2, -0.15) is 0 Å². The number of hydrogen-bond donors (Lipinski definition) is 0. The fraction of sp³-hybridized carbons (Fsp3) is 0.947. The van der Waals surface area contributed by atoms with E-state index in [1.54, 1.807) is 0 Å². The number of thioether (sulfide) groups is 2. The van der Waals surface area contributed by atoms with Gasteiger partial charge in [-0.05, 0) is 79.3 Å². The second-order valence-electron chi connectivity index (χ2n) is 8.54. The van der Waals surface area contributed by atoms with Gasteiger partial charge in [-0.3, -0.25) is 9.69 Å². The van der Waals surface area contributed by atoms with Crippen LogP contribution in [-0.4, -0.2) is 51.2 Å². The maximum atomic E-state index is 13.1. The number of ether oxygens (including phenoxy) is 1. The van der Waals surface area contributed by atoms with Crippen molar-refractivity contribution in [3.8, 4) is 0 Å². The predicted molar refractivity (Wildman–Crippen MR) is 105 cm³/mol. The third kappa shape index (κ3) is 4.45. The number of rotatable bonds is 7. The first kappa shape index (κ1) is 18.9. The number of piperidine rings is 1. The van der Waals surface area contributed by atoms with Gasteiger partial charge in [0.15, 0.2) is 0 Å². The second-order valence-corrected chi connectivity index (χ2v) is 11.7. The molecule has 0 aromatic heterocycles. The molecular formula is C19H33NO2S2. The highest BCUT2D eigenvalue weighted by molar-refractivity contribution is 8.17. The quantitative estimate of drug-likeness (QED) is 0.484. The standard InChI is InChI=1S/C19H33NO2S2/c1-5-22-16(21)19(10-12-20(13-11-19)18(2,3)4)17(23-14-6-7-14)24-15-8-9-15/h14-15,17H,5-13H2,1-4H3. The largest absolute Gasteiger partial charge is 0.466 e. The molecule has 0 atom stereocenters.